The van der Waals surface area contributed by atoms with Gasteiger partial charge in [-0.15, -0.1) is 0 Å². The van der Waals surface area contributed by atoms with Crippen molar-refractivity contribution >= 4 is 11.7 Å². The Bertz CT molecular complexity index is 992. The number of methoxy groups -OCH3 is 1. The van der Waals surface area contributed by atoms with Crippen LogP contribution in [0.15, 0.2) is 30.6 Å². The van der Waals surface area contributed by atoms with E-state index in [0.29, 0.717) is 30.3 Å². The van der Waals surface area contributed by atoms with Crippen LogP contribution in [-0.4, -0.2) is 55.3 Å². The second-order valence-electron chi connectivity index (χ2n) is 9.23. The van der Waals surface area contributed by atoms with E-state index in [-0.39, 0.29) is 29.3 Å². The zero-order valence-electron chi connectivity index (χ0n) is 20.4. The van der Waals surface area contributed by atoms with E-state index in [1.54, 1.807) is 24.5 Å². The van der Waals surface area contributed by atoms with Crippen LogP contribution in [0.4, 0.5) is 14.6 Å². The lowest BCUT2D eigenvalue weighted by molar-refractivity contribution is 0.0908. The van der Waals surface area contributed by atoms with E-state index in [1.807, 2.05) is 6.07 Å². The van der Waals surface area contributed by atoms with Gasteiger partial charge in [-0.05, 0) is 67.7 Å². The number of alkyl halides is 2. The highest BCUT2D eigenvalue weighted by molar-refractivity contribution is 5.95. The summed E-state index contributed by atoms with van der Waals surface area (Å²) in [5.41, 5.74) is 1.14. The molecule has 0 bridgehead atoms. The molecule has 0 aromatic carbocycles. The summed E-state index contributed by atoms with van der Waals surface area (Å²) in [6.45, 7) is 4.91. The van der Waals surface area contributed by atoms with Gasteiger partial charge in [-0.2, -0.15) is 0 Å². The van der Waals surface area contributed by atoms with E-state index >= 15 is 0 Å². The summed E-state index contributed by atoms with van der Waals surface area (Å²) in [6.07, 6.45) is 4.72. The number of hydrogen-bond donors (Lipinski definition) is 1. The van der Waals surface area contributed by atoms with Crippen LogP contribution in [0.5, 0.6) is 5.88 Å². The summed E-state index contributed by atoms with van der Waals surface area (Å²) < 4.78 is 38.0. The van der Waals surface area contributed by atoms with Crippen molar-refractivity contribution < 1.29 is 23.0 Å². The maximum atomic E-state index is 13.8. The van der Waals surface area contributed by atoms with Crippen LogP contribution in [0.3, 0.4) is 0 Å². The Kier molecular flexibility index (Phi) is 8.49. The van der Waals surface area contributed by atoms with E-state index in [0.717, 1.165) is 51.0 Å². The monoisotopic (exact) mass is 488 g/mol. The number of nitrogens with zero attached hydrogens (tertiary/aromatic N) is 3. The van der Waals surface area contributed by atoms with Crippen molar-refractivity contribution in [3.63, 3.8) is 0 Å². The summed E-state index contributed by atoms with van der Waals surface area (Å²) in [5, 5.41) is 3.23. The van der Waals surface area contributed by atoms with Crippen molar-refractivity contribution in [1.29, 1.82) is 0 Å². The first kappa shape index (κ1) is 25.3. The smallest absolute Gasteiger partial charge is 0.269 e. The zero-order chi connectivity index (χ0) is 24.8. The van der Waals surface area contributed by atoms with Crippen molar-refractivity contribution in [2.45, 2.75) is 57.4 Å². The minimum atomic E-state index is -2.63. The number of amides is 1. The average Bonchev–Trinajstić information content (AvgIpc) is 2.91. The van der Waals surface area contributed by atoms with E-state index < -0.39 is 6.43 Å². The number of aromatic nitrogens is 2. The van der Waals surface area contributed by atoms with Crippen LogP contribution in [0.25, 0.3) is 0 Å². The molecule has 35 heavy (non-hydrogen) atoms. The van der Waals surface area contributed by atoms with E-state index in [1.165, 1.54) is 7.11 Å². The maximum absolute atomic E-state index is 13.8. The van der Waals surface area contributed by atoms with Gasteiger partial charge in [0.25, 0.3) is 12.3 Å². The summed E-state index contributed by atoms with van der Waals surface area (Å²) in [6, 6.07) is 5.31. The fourth-order valence-electron chi connectivity index (χ4n) is 5.37. The Balaban J connectivity index is 1.39. The standard InChI is InChI=1S/C26H34F2N4O3/c1-3-21(31-25(33)19-8-10-29-22(16-19)32-12-14-35-15-13-32)18-6-4-17(5-7-18)20-9-11-30-26(34-2)23(20)24(27)28/h8-11,16-18,21,24H,3-7,12-15H2,1-2H3,(H,31,33)/t17-,18+,21-/m1/s1. The topological polar surface area (TPSA) is 76.6 Å². The fourth-order valence-corrected chi connectivity index (χ4v) is 5.37. The number of rotatable bonds is 8. The first-order valence-corrected chi connectivity index (χ1v) is 12.4. The van der Waals surface area contributed by atoms with Crippen molar-refractivity contribution in [1.82, 2.24) is 15.3 Å². The molecule has 7 nitrogen and oxygen atoms in total. The maximum Gasteiger partial charge on any atom is 0.269 e. The highest BCUT2D eigenvalue weighted by Gasteiger charge is 2.32. The molecule has 0 unspecified atom stereocenters. The summed E-state index contributed by atoms with van der Waals surface area (Å²) >= 11 is 0. The molecule has 0 spiro atoms. The van der Waals surface area contributed by atoms with Gasteiger partial charge in [0, 0.05) is 37.1 Å². The SMILES string of the molecule is CC[C@@H](NC(=O)c1ccnc(N2CCOCC2)c1)[C@H]1CC[C@@H](c2ccnc(OC)c2C(F)F)CC1. The summed E-state index contributed by atoms with van der Waals surface area (Å²) in [4.78, 5) is 23.6. The minimum Gasteiger partial charge on any atom is -0.481 e. The number of carbonyl (C=O) groups excluding carboxylic acids is 1. The molecule has 2 aliphatic rings. The average molecular weight is 489 g/mol. The van der Waals surface area contributed by atoms with Gasteiger partial charge in [-0.25, -0.2) is 18.7 Å². The van der Waals surface area contributed by atoms with Crippen LogP contribution >= 0.6 is 0 Å². The number of hydrogen-bond acceptors (Lipinski definition) is 6. The molecule has 0 radical (unpaired) electrons. The third-order valence-electron chi connectivity index (χ3n) is 7.28. The van der Waals surface area contributed by atoms with Gasteiger partial charge in [-0.3, -0.25) is 4.79 Å². The van der Waals surface area contributed by atoms with Crippen molar-refractivity contribution in [2.75, 3.05) is 38.3 Å². The number of nitrogens with one attached hydrogen (secondary N) is 1. The number of ether oxygens (including phenoxy) is 2. The third-order valence-corrected chi connectivity index (χ3v) is 7.28. The molecule has 1 N–H and O–H groups in total. The molecule has 1 aliphatic heterocycles. The van der Waals surface area contributed by atoms with Crippen molar-refractivity contribution in [3.8, 4) is 5.88 Å². The van der Waals surface area contributed by atoms with Crippen molar-refractivity contribution in [2.24, 2.45) is 5.92 Å². The largest absolute Gasteiger partial charge is 0.481 e. The van der Waals surface area contributed by atoms with Crippen LogP contribution in [0, 0.1) is 5.92 Å². The lowest BCUT2D eigenvalue weighted by Gasteiger charge is -2.35. The third kappa shape index (κ3) is 5.89. The van der Waals surface area contributed by atoms with Gasteiger partial charge in [0.05, 0.1) is 25.9 Å². The molecule has 1 saturated heterocycles. The Morgan fingerprint density at radius 3 is 2.54 bits per heavy atom. The summed E-state index contributed by atoms with van der Waals surface area (Å²) in [7, 11) is 1.37. The van der Waals surface area contributed by atoms with Gasteiger partial charge >= 0.3 is 0 Å². The quantitative estimate of drug-likeness (QED) is 0.578. The molecule has 4 rings (SSSR count). The van der Waals surface area contributed by atoms with Crippen LogP contribution in [0.2, 0.25) is 0 Å². The highest BCUT2D eigenvalue weighted by Crippen LogP contribution is 2.42. The molecular formula is C26H34F2N4O3. The van der Waals surface area contributed by atoms with E-state index in [2.05, 4.69) is 27.1 Å². The molecule has 2 fully saturated rings. The predicted octanol–water partition coefficient (Wildman–Crippen LogP) is 4.74. The molecule has 9 heteroatoms. The summed E-state index contributed by atoms with van der Waals surface area (Å²) in [5.74, 6) is 1.04. The molecular weight excluding hydrogens is 454 g/mol. The molecule has 1 aliphatic carbocycles. The fraction of sp³-hybridized carbons (Fsp3) is 0.577. The number of carbonyl (C=O) groups is 1. The molecule has 2 aromatic rings. The second kappa shape index (κ2) is 11.7. The first-order chi connectivity index (χ1) is 17.0. The molecule has 1 atom stereocenters. The number of pyridine rings is 2. The van der Waals surface area contributed by atoms with Crippen LogP contribution in [0.1, 0.15) is 72.9 Å². The molecule has 3 heterocycles. The Labute approximate surface area is 205 Å². The zero-order valence-corrected chi connectivity index (χ0v) is 20.4. The first-order valence-electron chi connectivity index (χ1n) is 12.4. The number of morpholine rings is 1. The van der Waals surface area contributed by atoms with Gasteiger partial charge in [0.1, 0.15) is 5.82 Å². The predicted molar refractivity (Wildman–Crippen MR) is 129 cm³/mol. The molecule has 2 aromatic heterocycles. The van der Waals surface area contributed by atoms with Gasteiger partial charge < -0.3 is 19.7 Å². The molecule has 190 valence electrons. The van der Waals surface area contributed by atoms with E-state index in [4.69, 9.17) is 9.47 Å². The molecule has 1 amide bonds. The highest BCUT2D eigenvalue weighted by atomic mass is 19.3. The Hall–Kier alpha value is -2.81. The lowest BCUT2D eigenvalue weighted by atomic mass is 9.74. The van der Waals surface area contributed by atoms with E-state index in [9.17, 15) is 13.6 Å². The van der Waals surface area contributed by atoms with Crippen LogP contribution in [-0.2, 0) is 4.74 Å². The number of anilines is 1. The van der Waals surface area contributed by atoms with Gasteiger partial charge in [0.15, 0.2) is 0 Å². The van der Waals surface area contributed by atoms with Crippen LogP contribution < -0.4 is 15.0 Å². The van der Waals surface area contributed by atoms with Crippen molar-refractivity contribution in [3.05, 3.63) is 47.3 Å². The van der Waals surface area contributed by atoms with Gasteiger partial charge in [-0.1, -0.05) is 6.92 Å². The normalized spacial score (nSPS) is 21.6. The Morgan fingerprint density at radius 1 is 1.17 bits per heavy atom. The Morgan fingerprint density at radius 2 is 1.89 bits per heavy atom. The second-order valence-corrected chi connectivity index (χ2v) is 9.23. The lowest BCUT2D eigenvalue weighted by Crippen LogP contribution is -2.41. The number of halogens is 2. The van der Waals surface area contributed by atoms with Gasteiger partial charge in [0.2, 0.25) is 5.88 Å². The molecule has 1 saturated carbocycles. The minimum absolute atomic E-state index is 0.00659.